The van der Waals surface area contributed by atoms with Gasteiger partial charge < -0.3 is 4.74 Å². The van der Waals surface area contributed by atoms with Crippen LogP contribution in [0.1, 0.15) is 26.7 Å². The first kappa shape index (κ1) is 9.04. The molecule has 1 heterocycles. The van der Waals surface area contributed by atoms with E-state index in [4.69, 9.17) is 4.74 Å². The third-order valence-electron chi connectivity index (χ3n) is 1.96. The van der Waals surface area contributed by atoms with Crippen molar-refractivity contribution < 1.29 is 9.53 Å². The van der Waals surface area contributed by atoms with E-state index in [9.17, 15) is 4.79 Å². The Labute approximate surface area is 72.9 Å². The number of carbonyl (C=O) groups is 1. The molecule has 0 saturated carbocycles. The molecule has 0 radical (unpaired) electrons. The molecule has 0 amide bonds. The molecular weight excluding hydrogens is 152 g/mol. The van der Waals surface area contributed by atoms with Crippen molar-refractivity contribution in [3.8, 4) is 0 Å². The first-order valence-electron chi connectivity index (χ1n) is 4.09. The number of hydrogen-bond acceptors (Lipinski definition) is 2. The van der Waals surface area contributed by atoms with Crippen molar-refractivity contribution in [3.05, 3.63) is 23.5 Å². The van der Waals surface area contributed by atoms with Crippen molar-refractivity contribution in [2.24, 2.45) is 0 Å². The summed E-state index contributed by atoms with van der Waals surface area (Å²) in [6.07, 6.45) is 2.60. The summed E-state index contributed by atoms with van der Waals surface area (Å²) in [5.41, 5.74) is 1.89. The van der Waals surface area contributed by atoms with Gasteiger partial charge in [-0.2, -0.15) is 0 Å². The zero-order valence-corrected chi connectivity index (χ0v) is 7.59. The van der Waals surface area contributed by atoms with E-state index in [0.29, 0.717) is 0 Å². The minimum Gasteiger partial charge on any atom is -0.494 e. The lowest BCUT2D eigenvalue weighted by molar-refractivity contribution is -0.105. The second-order valence-electron chi connectivity index (χ2n) is 3.30. The maximum atomic E-state index is 10.5. The molecule has 12 heavy (non-hydrogen) atoms. The molecule has 1 atom stereocenters. The minimum atomic E-state index is 0.141. The number of hydrogen-bond donors (Lipinski definition) is 0. The van der Waals surface area contributed by atoms with E-state index in [-0.39, 0.29) is 6.10 Å². The Hall–Kier alpha value is -1.05. The van der Waals surface area contributed by atoms with Crippen LogP contribution in [-0.2, 0) is 9.53 Å². The normalized spacial score (nSPS) is 22.3. The standard InChI is InChI=1S/C10H14O2/c1-7(2)4-10-5-9(6-11)8(3)12-10/h6,10H,1,4-5H2,2-3H3. The summed E-state index contributed by atoms with van der Waals surface area (Å²) in [5, 5.41) is 0. The maximum Gasteiger partial charge on any atom is 0.149 e. The molecule has 0 N–H and O–H groups in total. The van der Waals surface area contributed by atoms with Gasteiger partial charge in [0.1, 0.15) is 12.4 Å². The Morgan fingerprint density at radius 2 is 2.50 bits per heavy atom. The smallest absolute Gasteiger partial charge is 0.149 e. The van der Waals surface area contributed by atoms with Gasteiger partial charge in [0.2, 0.25) is 0 Å². The van der Waals surface area contributed by atoms with E-state index in [1.165, 1.54) is 0 Å². The number of aldehydes is 1. The Kier molecular flexibility index (Phi) is 2.69. The van der Waals surface area contributed by atoms with Crippen LogP contribution in [0.25, 0.3) is 0 Å². The average Bonchev–Trinajstić information content (AvgIpc) is 2.29. The van der Waals surface area contributed by atoms with Crippen molar-refractivity contribution in [2.45, 2.75) is 32.8 Å². The summed E-state index contributed by atoms with van der Waals surface area (Å²) < 4.78 is 5.46. The maximum absolute atomic E-state index is 10.5. The van der Waals surface area contributed by atoms with Crippen LogP contribution in [0.3, 0.4) is 0 Å². The van der Waals surface area contributed by atoms with Crippen LogP contribution in [-0.4, -0.2) is 12.4 Å². The van der Waals surface area contributed by atoms with Crippen molar-refractivity contribution >= 4 is 6.29 Å². The van der Waals surface area contributed by atoms with E-state index >= 15 is 0 Å². The highest BCUT2D eigenvalue weighted by atomic mass is 16.5. The monoisotopic (exact) mass is 166 g/mol. The van der Waals surface area contributed by atoms with Gasteiger partial charge in [-0.25, -0.2) is 0 Å². The van der Waals surface area contributed by atoms with Crippen LogP contribution < -0.4 is 0 Å². The Balaban J connectivity index is 2.51. The molecule has 1 aliphatic heterocycles. The molecule has 1 aliphatic rings. The highest BCUT2D eigenvalue weighted by Crippen LogP contribution is 2.26. The SMILES string of the molecule is C=C(C)CC1CC(C=O)=C(C)O1. The summed E-state index contributed by atoms with van der Waals surface area (Å²) in [6.45, 7) is 7.61. The van der Waals surface area contributed by atoms with Gasteiger partial charge in [0, 0.05) is 18.4 Å². The first-order valence-corrected chi connectivity index (χ1v) is 4.09. The van der Waals surface area contributed by atoms with Crippen LogP contribution in [0.4, 0.5) is 0 Å². The largest absolute Gasteiger partial charge is 0.494 e. The van der Waals surface area contributed by atoms with Gasteiger partial charge >= 0.3 is 0 Å². The van der Waals surface area contributed by atoms with Gasteiger partial charge in [0.05, 0.1) is 5.76 Å². The molecule has 0 saturated heterocycles. The highest BCUT2D eigenvalue weighted by molar-refractivity contribution is 5.74. The molecule has 2 nitrogen and oxygen atoms in total. The summed E-state index contributed by atoms with van der Waals surface area (Å²) in [6, 6.07) is 0. The number of ether oxygens (including phenoxy) is 1. The summed E-state index contributed by atoms with van der Waals surface area (Å²) >= 11 is 0. The zero-order valence-electron chi connectivity index (χ0n) is 7.59. The molecule has 0 aromatic carbocycles. The number of rotatable bonds is 3. The van der Waals surface area contributed by atoms with Crippen molar-refractivity contribution in [3.63, 3.8) is 0 Å². The molecule has 0 aromatic rings. The van der Waals surface area contributed by atoms with E-state index in [1.807, 2.05) is 13.8 Å². The lowest BCUT2D eigenvalue weighted by Crippen LogP contribution is -2.05. The second kappa shape index (κ2) is 3.57. The van der Waals surface area contributed by atoms with Crippen LogP contribution >= 0.6 is 0 Å². The van der Waals surface area contributed by atoms with Crippen molar-refractivity contribution in [1.82, 2.24) is 0 Å². The van der Waals surface area contributed by atoms with E-state index in [1.54, 1.807) is 0 Å². The molecular formula is C10H14O2. The fourth-order valence-electron chi connectivity index (χ4n) is 1.39. The lowest BCUT2D eigenvalue weighted by Gasteiger charge is -2.10. The van der Waals surface area contributed by atoms with Crippen molar-refractivity contribution in [1.29, 1.82) is 0 Å². The van der Waals surface area contributed by atoms with Crippen LogP contribution in [0.2, 0.25) is 0 Å². The van der Waals surface area contributed by atoms with Crippen molar-refractivity contribution in [2.75, 3.05) is 0 Å². The highest BCUT2D eigenvalue weighted by Gasteiger charge is 2.22. The first-order chi connectivity index (χ1) is 5.63. The predicted octanol–water partition coefficient (Wildman–Crippen LogP) is 2.21. The van der Waals surface area contributed by atoms with Gasteiger partial charge in [-0.15, -0.1) is 6.58 Å². The molecule has 2 heteroatoms. The fraction of sp³-hybridized carbons (Fsp3) is 0.500. The summed E-state index contributed by atoms with van der Waals surface area (Å²) in [7, 11) is 0. The Morgan fingerprint density at radius 3 is 2.92 bits per heavy atom. The summed E-state index contributed by atoms with van der Waals surface area (Å²) in [5.74, 6) is 0.774. The number of allylic oxidation sites excluding steroid dienone is 1. The molecule has 0 aromatic heterocycles. The van der Waals surface area contributed by atoms with Gasteiger partial charge in [-0.3, -0.25) is 4.79 Å². The average molecular weight is 166 g/mol. The molecule has 1 unspecified atom stereocenters. The Bertz CT molecular complexity index is 238. The van der Waals surface area contributed by atoms with Crippen LogP contribution in [0.5, 0.6) is 0 Å². The minimum absolute atomic E-state index is 0.141. The van der Waals surface area contributed by atoms with E-state index in [0.717, 1.165) is 36.0 Å². The van der Waals surface area contributed by atoms with Gasteiger partial charge in [0.15, 0.2) is 0 Å². The molecule has 0 fully saturated rings. The van der Waals surface area contributed by atoms with Gasteiger partial charge in [-0.1, -0.05) is 5.57 Å². The van der Waals surface area contributed by atoms with Crippen LogP contribution in [0, 0.1) is 0 Å². The topological polar surface area (TPSA) is 26.3 Å². The summed E-state index contributed by atoms with van der Waals surface area (Å²) in [4.78, 5) is 10.5. The Morgan fingerprint density at radius 1 is 1.83 bits per heavy atom. The molecule has 1 rings (SSSR count). The lowest BCUT2D eigenvalue weighted by atomic mass is 10.1. The van der Waals surface area contributed by atoms with E-state index in [2.05, 4.69) is 6.58 Å². The third-order valence-corrected chi connectivity index (χ3v) is 1.96. The molecule has 0 aliphatic carbocycles. The number of carbonyl (C=O) groups excluding carboxylic acids is 1. The van der Waals surface area contributed by atoms with Crippen LogP contribution in [0.15, 0.2) is 23.5 Å². The van der Waals surface area contributed by atoms with Gasteiger partial charge in [-0.05, 0) is 13.8 Å². The fourth-order valence-corrected chi connectivity index (χ4v) is 1.39. The van der Waals surface area contributed by atoms with E-state index < -0.39 is 0 Å². The molecule has 0 bridgehead atoms. The van der Waals surface area contributed by atoms with Gasteiger partial charge in [0.25, 0.3) is 0 Å². The predicted molar refractivity (Wildman–Crippen MR) is 47.7 cm³/mol. The second-order valence-corrected chi connectivity index (χ2v) is 3.30. The molecule has 66 valence electrons. The third kappa shape index (κ3) is 1.97. The quantitative estimate of drug-likeness (QED) is 0.474. The zero-order chi connectivity index (χ0) is 9.14. The molecule has 0 spiro atoms.